The Morgan fingerprint density at radius 2 is 1.57 bits per heavy atom. The molecule has 0 amide bonds. The van der Waals surface area contributed by atoms with Gasteiger partial charge in [-0.1, -0.05) is 27.7 Å². The molecule has 0 aromatic heterocycles. The number of hydrogen-bond acceptors (Lipinski definition) is 16. The molecule has 8 N–H and O–H groups in total. The van der Waals surface area contributed by atoms with Crippen molar-refractivity contribution in [3.8, 4) is 0 Å². The van der Waals surface area contributed by atoms with Gasteiger partial charge in [-0.2, -0.15) is 0 Å². The van der Waals surface area contributed by atoms with Crippen molar-refractivity contribution in [3.05, 3.63) is 0 Å². The summed E-state index contributed by atoms with van der Waals surface area (Å²) in [7, 11) is 0. The zero-order chi connectivity index (χ0) is 41.5. The summed E-state index contributed by atoms with van der Waals surface area (Å²) in [5, 5.41) is 85.8. The number of fused-ring (bicyclic) bond motifs is 7. The molecule has 4 saturated heterocycles. The van der Waals surface area contributed by atoms with Gasteiger partial charge in [-0.3, -0.25) is 0 Å². The van der Waals surface area contributed by atoms with E-state index in [4.69, 9.17) is 33.2 Å². The molecule has 0 radical (unpaired) electrons. The molecular weight excluding hydrogens is 760 g/mol. The summed E-state index contributed by atoms with van der Waals surface area (Å²) in [6, 6.07) is 0. The molecular formula is C42H68O16. The van der Waals surface area contributed by atoms with Gasteiger partial charge >= 0.3 is 5.97 Å². The maximum Gasteiger partial charge on any atom is 0.338 e. The zero-order valence-corrected chi connectivity index (χ0v) is 34.3. The van der Waals surface area contributed by atoms with Crippen molar-refractivity contribution in [3.63, 3.8) is 0 Å². The molecule has 0 aromatic carbocycles. The second kappa shape index (κ2) is 16.6. The second-order valence-corrected chi connectivity index (χ2v) is 19.8. The van der Waals surface area contributed by atoms with Crippen LogP contribution < -0.4 is 0 Å². The quantitative estimate of drug-likeness (QED) is 0.116. The summed E-state index contributed by atoms with van der Waals surface area (Å²) in [5.74, 6) is 0.0155. The van der Waals surface area contributed by atoms with E-state index in [9.17, 15) is 45.6 Å². The largest absolute Gasteiger partial charge is 0.455 e. The van der Waals surface area contributed by atoms with Gasteiger partial charge in [0.15, 0.2) is 30.6 Å². The van der Waals surface area contributed by atoms with E-state index in [-0.39, 0.29) is 65.3 Å². The molecule has 8 fully saturated rings. The molecule has 4 heterocycles. The average Bonchev–Trinajstić information content (AvgIpc) is 3.61. The molecule has 0 unspecified atom stereocenters. The maximum absolute atomic E-state index is 13.1. The predicted molar refractivity (Wildman–Crippen MR) is 200 cm³/mol. The van der Waals surface area contributed by atoms with E-state index in [1.54, 1.807) is 0 Å². The smallest absolute Gasteiger partial charge is 0.338 e. The van der Waals surface area contributed by atoms with Gasteiger partial charge in [0.2, 0.25) is 0 Å². The van der Waals surface area contributed by atoms with Gasteiger partial charge in [0.1, 0.15) is 24.4 Å². The number of ether oxygens (including phenoxy) is 7. The SMILES string of the molecule is C[C@@H]1CC[C@@]2(OC1)O[C@H]1[C@@H](O)[C@H]3[C@@H]4CC[C@H]5C[C@@H](O[C@@H]6O[C@H](CO)[C@H](OC(=O)[C@@H](CO)O[C@H]7CC[C@@H](O)[C@@H](CO)O7)[C@H](O)[C@H]6O)[C@H](O)C[C@]5(C)[C@H]4CC[C@]3(C)[C@H]1[C@@H]2C. The number of esters is 1. The Kier molecular flexibility index (Phi) is 12.4. The van der Waals surface area contributed by atoms with Gasteiger partial charge in [0.25, 0.3) is 0 Å². The van der Waals surface area contributed by atoms with Crippen molar-refractivity contribution < 1.29 is 78.8 Å². The molecule has 4 aliphatic heterocycles. The van der Waals surface area contributed by atoms with Crippen molar-refractivity contribution in [1.82, 2.24) is 0 Å². The Morgan fingerprint density at radius 3 is 2.26 bits per heavy atom. The molecule has 1 spiro atoms. The highest BCUT2D eigenvalue weighted by Crippen LogP contribution is 2.71. The van der Waals surface area contributed by atoms with Gasteiger partial charge < -0.3 is 74.0 Å². The van der Waals surface area contributed by atoms with Crippen molar-refractivity contribution in [1.29, 1.82) is 0 Å². The van der Waals surface area contributed by atoms with Crippen LogP contribution in [-0.2, 0) is 38.0 Å². The highest BCUT2D eigenvalue weighted by atomic mass is 16.7. The fraction of sp³-hybridized carbons (Fsp3) is 0.976. The summed E-state index contributed by atoms with van der Waals surface area (Å²) < 4.78 is 41.9. The van der Waals surface area contributed by atoms with Gasteiger partial charge in [-0.05, 0) is 91.8 Å². The Hall–Kier alpha value is -1.09. The number of aliphatic hydroxyl groups excluding tert-OH is 8. The summed E-state index contributed by atoms with van der Waals surface area (Å²) in [6.45, 7) is 7.80. The van der Waals surface area contributed by atoms with Crippen LogP contribution >= 0.6 is 0 Å². The van der Waals surface area contributed by atoms with Crippen molar-refractivity contribution in [2.24, 2.45) is 52.3 Å². The zero-order valence-electron chi connectivity index (χ0n) is 34.3. The van der Waals surface area contributed by atoms with Crippen LogP contribution in [0.5, 0.6) is 0 Å². The van der Waals surface area contributed by atoms with Gasteiger partial charge in [0.05, 0.1) is 56.9 Å². The summed E-state index contributed by atoms with van der Waals surface area (Å²) in [5.41, 5.74) is -0.305. The first kappa shape index (κ1) is 43.6. The van der Waals surface area contributed by atoms with E-state index in [0.29, 0.717) is 25.4 Å². The van der Waals surface area contributed by atoms with Crippen LogP contribution in [0, 0.1) is 52.3 Å². The average molecular weight is 829 g/mol. The van der Waals surface area contributed by atoms with Crippen LogP contribution in [0.3, 0.4) is 0 Å². The van der Waals surface area contributed by atoms with Crippen LogP contribution in [0.2, 0.25) is 0 Å². The predicted octanol–water partition coefficient (Wildman–Crippen LogP) is 0.346. The third-order valence-corrected chi connectivity index (χ3v) is 16.7. The maximum atomic E-state index is 13.1. The van der Waals surface area contributed by atoms with Crippen LogP contribution in [0.25, 0.3) is 0 Å². The van der Waals surface area contributed by atoms with E-state index >= 15 is 0 Å². The fourth-order valence-corrected chi connectivity index (χ4v) is 13.6. The minimum Gasteiger partial charge on any atom is -0.455 e. The lowest BCUT2D eigenvalue weighted by molar-refractivity contribution is -0.327. The lowest BCUT2D eigenvalue weighted by Gasteiger charge is -2.62. The lowest BCUT2D eigenvalue weighted by atomic mass is 9.44. The topological polar surface area (TPSA) is 244 Å². The van der Waals surface area contributed by atoms with Crippen LogP contribution in [-0.4, -0.2) is 159 Å². The van der Waals surface area contributed by atoms with Crippen molar-refractivity contribution in [2.75, 3.05) is 26.4 Å². The summed E-state index contributed by atoms with van der Waals surface area (Å²) in [6.07, 6.45) is -7.69. The number of aliphatic hydroxyl groups is 8. The van der Waals surface area contributed by atoms with E-state index in [0.717, 1.165) is 38.5 Å². The molecule has 4 aliphatic carbocycles. The highest BCUT2D eigenvalue weighted by molar-refractivity contribution is 5.75. The van der Waals surface area contributed by atoms with Crippen LogP contribution in [0.15, 0.2) is 0 Å². The molecule has 16 nitrogen and oxygen atoms in total. The fourth-order valence-electron chi connectivity index (χ4n) is 13.6. The lowest BCUT2D eigenvalue weighted by Crippen LogP contribution is -2.63. The van der Waals surface area contributed by atoms with Crippen molar-refractivity contribution >= 4 is 5.97 Å². The molecule has 0 aromatic rings. The van der Waals surface area contributed by atoms with Gasteiger partial charge in [0, 0.05) is 24.7 Å². The molecule has 332 valence electrons. The standard InChI is InChI=1S/C42H68O16/c1-19-9-12-42(52-18-19)20(2)31-37(58-42)33(48)32-22-6-5-21-13-26(25(47)14-41(21,4)23(22)10-11-40(31,32)3)55-39-35(50)34(49)36(28(16-44)56-39)57-38(51)29(17-45)54-30-8-7-24(46)27(15-43)53-30/h19-37,39,43-50H,5-18H2,1-4H3/t19-,20+,21+,22-,23+,24-,25-,26-,27-,28-,29-,30+,31+,32-,33+,34-,35-,36+,37-,39-,40-,41+,42-/m1/s1. The molecule has 8 rings (SSSR count). The molecule has 16 heteroatoms. The molecule has 23 atom stereocenters. The Bertz CT molecular complexity index is 1440. The third kappa shape index (κ3) is 7.20. The Morgan fingerprint density at radius 1 is 0.810 bits per heavy atom. The minimum atomic E-state index is -1.76. The first-order valence-corrected chi connectivity index (χ1v) is 22.0. The number of carbonyl (C=O) groups is 1. The summed E-state index contributed by atoms with van der Waals surface area (Å²) in [4.78, 5) is 13.1. The molecule has 58 heavy (non-hydrogen) atoms. The molecule has 8 aliphatic rings. The monoisotopic (exact) mass is 828 g/mol. The van der Waals surface area contributed by atoms with Crippen LogP contribution in [0.1, 0.15) is 91.9 Å². The van der Waals surface area contributed by atoms with E-state index in [1.807, 2.05) is 0 Å². The van der Waals surface area contributed by atoms with Crippen molar-refractivity contribution in [2.45, 2.75) is 177 Å². The van der Waals surface area contributed by atoms with E-state index in [1.165, 1.54) is 0 Å². The second-order valence-electron chi connectivity index (χ2n) is 19.8. The van der Waals surface area contributed by atoms with E-state index < -0.39 is 105 Å². The molecule has 4 saturated carbocycles. The number of hydrogen-bond donors (Lipinski definition) is 8. The first-order valence-electron chi connectivity index (χ1n) is 22.0. The Balaban J connectivity index is 0.891. The number of rotatable bonds is 9. The van der Waals surface area contributed by atoms with Gasteiger partial charge in [-0.15, -0.1) is 0 Å². The van der Waals surface area contributed by atoms with E-state index in [2.05, 4.69) is 27.7 Å². The Labute approximate surface area is 340 Å². The minimum absolute atomic E-state index is 0.0856. The molecule has 0 bridgehead atoms. The van der Waals surface area contributed by atoms with Crippen LogP contribution in [0.4, 0.5) is 0 Å². The normalized spacial score (nSPS) is 54.6. The first-order chi connectivity index (χ1) is 27.6. The number of carbonyl (C=O) groups excluding carboxylic acids is 1. The summed E-state index contributed by atoms with van der Waals surface area (Å²) >= 11 is 0. The third-order valence-electron chi connectivity index (χ3n) is 16.7. The highest BCUT2D eigenvalue weighted by Gasteiger charge is 2.72. The van der Waals surface area contributed by atoms with Gasteiger partial charge in [-0.25, -0.2) is 4.79 Å².